The largest absolute Gasteiger partial charge is 0.383 e. The van der Waals surface area contributed by atoms with E-state index >= 15 is 0 Å². The van der Waals surface area contributed by atoms with E-state index in [1.54, 1.807) is 31.1 Å². The van der Waals surface area contributed by atoms with Crippen molar-refractivity contribution in [3.05, 3.63) is 24.0 Å². The number of H-pyrrole nitrogens is 1. The van der Waals surface area contributed by atoms with Gasteiger partial charge in [0, 0.05) is 13.3 Å². The molecule has 2 aromatic heterocycles. The molecule has 0 aromatic carbocycles. The third-order valence-electron chi connectivity index (χ3n) is 2.22. The summed E-state index contributed by atoms with van der Waals surface area (Å²) in [6.45, 7) is 2.92. The van der Waals surface area contributed by atoms with Gasteiger partial charge in [-0.05, 0) is 6.92 Å². The monoisotopic (exact) mass is 250 g/mol. The molecule has 18 heavy (non-hydrogen) atoms. The number of aryl methyl sites for hydroxylation is 1. The number of amides is 1. The second-order valence-electron chi connectivity index (χ2n) is 3.68. The number of aromatic nitrogens is 5. The molecule has 1 amide bonds. The molecule has 0 aliphatic heterocycles. The Morgan fingerprint density at radius 2 is 2.44 bits per heavy atom. The first-order valence-corrected chi connectivity index (χ1v) is 5.41. The molecule has 2 aromatic rings. The maximum atomic E-state index is 11.7. The zero-order valence-electron chi connectivity index (χ0n) is 10.2. The van der Waals surface area contributed by atoms with Crippen molar-refractivity contribution in [1.82, 2.24) is 25.0 Å². The fourth-order valence-corrected chi connectivity index (χ4v) is 1.37. The number of nitrogens with zero attached hydrogens (tertiary/aromatic N) is 4. The lowest BCUT2D eigenvalue weighted by Crippen LogP contribution is -2.13. The maximum Gasteiger partial charge on any atom is 0.295 e. The predicted octanol–water partition coefficient (Wildman–Crippen LogP) is 0.208. The zero-order valence-corrected chi connectivity index (χ0v) is 10.2. The van der Waals surface area contributed by atoms with Crippen molar-refractivity contribution in [1.29, 1.82) is 0 Å². The van der Waals surface area contributed by atoms with Crippen molar-refractivity contribution in [2.75, 3.05) is 19.0 Å². The summed E-state index contributed by atoms with van der Waals surface area (Å²) in [5.41, 5.74) is 0.596. The minimum Gasteiger partial charge on any atom is -0.383 e. The minimum atomic E-state index is -0.370. The molecule has 2 heterocycles. The third-order valence-corrected chi connectivity index (χ3v) is 2.22. The molecule has 0 fully saturated rings. The lowest BCUT2D eigenvalue weighted by Gasteiger charge is -1.99. The quantitative estimate of drug-likeness (QED) is 0.790. The average Bonchev–Trinajstić information content (AvgIpc) is 2.96. The van der Waals surface area contributed by atoms with Crippen LogP contribution in [0.25, 0.3) is 0 Å². The molecule has 0 aliphatic rings. The highest BCUT2D eigenvalue weighted by atomic mass is 16.5. The molecule has 8 nitrogen and oxygen atoms in total. The first kappa shape index (κ1) is 12.2. The lowest BCUT2D eigenvalue weighted by molar-refractivity contribution is 0.101. The van der Waals surface area contributed by atoms with E-state index in [1.807, 2.05) is 0 Å². The molecule has 8 heteroatoms. The van der Waals surface area contributed by atoms with Crippen LogP contribution in [0.3, 0.4) is 0 Å². The topological polar surface area (TPSA) is 97.7 Å². The number of carbonyl (C=O) groups is 1. The summed E-state index contributed by atoms with van der Waals surface area (Å²) < 4.78 is 6.62. The van der Waals surface area contributed by atoms with Gasteiger partial charge in [-0.15, -0.1) is 5.10 Å². The second-order valence-corrected chi connectivity index (χ2v) is 3.68. The lowest BCUT2D eigenvalue weighted by atomic mass is 10.5. The number of hydrogen-bond acceptors (Lipinski definition) is 5. The molecule has 0 aliphatic carbocycles. The molecular formula is C10H14N6O2. The van der Waals surface area contributed by atoms with Gasteiger partial charge in [0.15, 0.2) is 0 Å². The summed E-state index contributed by atoms with van der Waals surface area (Å²) in [7, 11) is 1.62. The summed E-state index contributed by atoms with van der Waals surface area (Å²) in [5.74, 6) is 0.332. The zero-order chi connectivity index (χ0) is 13.0. The number of carbonyl (C=O) groups excluding carboxylic acids is 1. The number of hydrogen-bond donors (Lipinski definition) is 2. The molecule has 0 bridgehead atoms. The SMILES string of the molecule is COCCn1cc(NC(=O)c2n[nH]c(C)n2)cn1. The minimum absolute atomic E-state index is 0.108. The van der Waals surface area contributed by atoms with Crippen molar-refractivity contribution in [2.24, 2.45) is 0 Å². The van der Waals surface area contributed by atoms with Crippen LogP contribution >= 0.6 is 0 Å². The fourth-order valence-electron chi connectivity index (χ4n) is 1.37. The van der Waals surface area contributed by atoms with Crippen LogP contribution < -0.4 is 5.32 Å². The highest BCUT2D eigenvalue weighted by Crippen LogP contribution is 2.06. The van der Waals surface area contributed by atoms with Crippen LogP contribution in [0.2, 0.25) is 0 Å². The molecule has 2 rings (SSSR count). The first-order valence-electron chi connectivity index (χ1n) is 5.41. The summed E-state index contributed by atoms with van der Waals surface area (Å²) in [5, 5.41) is 13.1. The van der Waals surface area contributed by atoms with E-state index in [9.17, 15) is 4.79 Å². The highest BCUT2D eigenvalue weighted by molar-refractivity contribution is 6.01. The van der Waals surface area contributed by atoms with Gasteiger partial charge < -0.3 is 10.1 Å². The number of anilines is 1. The van der Waals surface area contributed by atoms with E-state index in [1.165, 1.54) is 0 Å². The van der Waals surface area contributed by atoms with Crippen molar-refractivity contribution >= 4 is 11.6 Å². The normalized spacial score (nSPS) is 10.6. The molecular weight excluding hydrogens is 236 g/mol. The van der Waals surface area contributed by atoms with Gasteiger partial charge in [-0.2, -0.15) is 5.10 Å². The number of rotatable bonds is 5. The van der Waals surface area contributed by atoms with Gasteiger partial charge in [0.2, 0.25) is 5.82 Å². The maximum absolute atomic E-state index is 11.7. The van der Waals surface area contributed by atoms with Crippen LogP contribution in [0.1, 0.15) is 16.4 Å². The Morgan fingerprint density at radius 3 is 3.11 bits per heavy atom. The number of methoxy groups -OCH3 is 1. The Hall–Kier alpha value is -2.22. The fraction of sp³-hybridized carbons (Fsp3) is 0.400. The molecule has 0 spiro atoms. The summed E-state index contributed by atoms with van der Waals surface area (Å²) in [6.07, 6.45) is 3.28. The van der Waals surface area contributed by atoms with E-state index in [2.05, 4.69) is 25.6 Å². The van der Waals surface area contributed by atoms with Crippen molar-refractivity contribution in [3.8, 4) is 0 Å². The van der Waals surface area contributed by atoms with E-state index in [4.69, 9.17) is 4.74 Å². The van der Waals surface area contributed by atoms with Crippen molar-refractivity contribution in [2.45, 2.75) is 13.5 Å². The van der Waals surface area contributed by atoms with Gasteiger partial charge in [0.05, 0.1) is 25.0 Å². The molecule has 0 saturated carbocycles. The Morgan fingerprint density at radius 1 is 1.61 bits per heavy atom. The Kier molecular flexibility index (Phi) is 3.68. The smallest absolute Gasteiger partial charge is 0.295 e. The third kappa shape index (κ3) is 2.92. The van der Waals surface area contributed by atoms with Crippen molar-refractivity contribution in [3.63, 3.8) is 0 Å². The molecule has 96 valence electrons. The average molecular weight is 250 g/mol. The number of aromatic amines is 1. The van der Waals surface area contributed by atoms with Crippen LogP contribution in [0.5, 0.6) is 0 Å². The summed E-state index contributed by atoms with van der Waals surface area (Å²) in [4.78, 5) is 15.7. The van der Waals surface area contributed by atoms with Gasteiger partial charge in [-0.3, -0.25) is 14.6 Å². The second kappa shape index (κ2) is 5.41. The Balaban J connectivity index is 1.97. The van der Waals surface area contributed by atoms with Crippen LogP contribution in [-0.4, -0.2) is 44.6 Å². The molecule has 0 saturated heterocycles. The highest BCUT2D eigenvalue weighted by Gasteiger charge is 2.12. The van der Waals surface area contributed by atoms with Gasteiger partial charge in [-0.1, -0.05) is 0 Å². The van der Waals surface area contributed by atoms with Gasteiger partial charge in [-0.25, -0.2) is 4.98 Å². The first-order chi connectivity index (χ1) is 8.69. The standard InChI is InChI=1S/C10H14N6O2/c1-7-12-9(15-14-7)10(17)13-8-5-11-16(6-8)3-4-18-2/h5-6H,3-4H2,1-2H3,(H,13,17)(H,12,14,15). The number of nitrogens with one attached hydrogen (secondary N) is 2. The van der Waals surface area contributed by atoms with E-state index in [-0.39, 0.29) is 11.7 Å². The molecule has 0 radical (unpaired) electrons. The Bertz CT molecular complexity index is 532. The van der Waals surface area contributed by atoms with Gasteiger partial charge >= 0.3 is 0 Å². The van der Waals surface area contributed by atoms with Gasteiger partial charge in [0.1, 0.15) is 5.82 Å². The molecule has 0 atom stereocenters. The van der Waals surface area contributed by atoms with Crippen LogP contribution in [0.15, 0.2) is 12.4 Å². The Labute approximate surface area is 103 Å². The summed E-state index contributed by atoms with van der Waals surface area (Å²) in [6, 6.07) is 0. The van der Waals surface area contributed by atoms with Gasteiger partial charge in [0.25, 0.3) is 5.91 Å². The molecule has 0 unspecified atom stereocenters. The van der Waals surface area contributed by atoms with E-state index in [0.29, 0.717) is 24.7 Å². The molecule has 2 N–H and O–H groups in total. The predicted molar refractivity (Wildman–Crippen MR) is 63.2 cm³/mol. The summed E-state index contributed by atoms with van der Waals surface area (Å²) >= 11 is 0. The van der Waals surface area contributed by atoms with Crippen LogP contribution in [-0.2, 0) is 11.3 Å². The van der Waals surface area contributed by atoms with E-state index in [0.717, 1.165) is 0 Å². The van der Waals surface area contributed by atoms with Crippen LogP contribution in [0, 0.1) is 6.92 Å². The van der Waals surface area contributed by atoms with Crippen LogP contribution in [0.4, 0.5) is 5.69 Å². The van der Waals surface area contributed by atoms with Crippen molar-refractivity contribution < 1.29 is 9.53 Å². The van der Waals surface area contributed by atoms with E-state index < -0.39 is 0 Å². The number of ether oxygens (including phenoxy) is 1.